The van der Waals surface area contributed by atoms with Crippen molar-refractivity contribution in [2.45, 2.75) is 38.2 Å². The molecule has 1 unspecified atom stereocenters. The summed E-state index contributed by atoms with van der Waals surface area (Å²) in [5.41, 5.74) is -0.160. The number of ketones is 1. The molecule has 1 saturated heterocycles. The Morgan fingerprint density at radius 3 is 2.55 bits per heavy atom. The van der Waals surface area contributed by atoms with E-state index in [9.17, 15) is 36.3 Å². The van der Waals surface area contributed by atoms with E-state index < -0.39 is 40.3 Å². The van der Waals surface area contributed by atoms with E-state index in [0.717, 1.165) is 4.68 Å². The van der Waals surface area contributed by atoms with Gasteiger partial charge in [-0.15, -0.1) is 10.2 Å². The van der Waals surface area contributed by atoms with Gasteiger partial charge < -0.3 is 5.11 Å². The number of aliphatic hydroxyl groups is 1. The van der Waals surface area contributed by atoms with Crippen molar-refractivity contribution < 1.29 is 31.5 Å². The topological polar surface area (TPSA) is 155 Å². The molecule has 3 aromatic heterocycles. The molecule has 1 aromatic carbocycles. The molecule has 0 spiro atoms. The number of carbonyl (C=O) groups is 1. The average molecular weight is 626 g/mol. The van der Waals surface area contributed by atoms with Crippen molar-refractivity contribution in [1.29, 1.82) is 0 Å². The maximum atomic E-state index is 13.1. The standard InChI is InChI=1S/C25H23ClF3N7O5S/c26-18-5-3-15(4-6-18)23-33-35(24(39)34(23)11-20(38)25(27,28)29)12-21-31-14-36(32-21)22-16(2-1-8-30-22)10-19(37)17-7-9-42(40,41)13-17/h1-6,8,14,17,20,38H,7,9-13H2/t17?,20-/m0/s1. The summed E-state index contributed by atoms with van der Waals surface area (Å²) in [5, 5.41) is 18.5. The number of sulfone groups is 1. The smallest absolute Gasteiger partial charge is 0.382 e. The fourth-order valence-electron chi connectivity index (χ4n) is 4.56. The fraction of sp³-hybridized carbons (Fsp3) is 0.360. The van der Waals surface area contributed by atoms with Crippen LogP contribution >= 0.6 is 11.6 Å². The van der Waals surface area contributed by atoms with Crippen LogP contribution < -0.4 is 5.69 Å². The summed E-state index contributed by atoms with van der Waals surface area (Å²) in [6, 6.07) is 9.19. The third-order valence-electron chi connectivity index (χ3n) is 6.73. The molecule has 42 heavy (non-hydrogen) atoms. The van der Waals surface area contributed by atoms with Crippen molar-refractivity contribution in [2.24, 2.45) is 5.92 Å². The lowest BCUT2D eigenvalue weighted by Gasteiger charge is -2.15. The van der Waals surface area contributed by atoms with Crippen LogP contribution in [0.4, 0.5) is 13.2 Å². The molecular formula is C25H23ClF3N7O5S. The Kier molecular flexibility index (Phi) is 8.04. The highest BCUT2D eigenvalue weighted by Crippen LogP contribution is 2.25. The summed E-state index contributed by atoms with van der Waals surface area (Å²) >= 11 is 5.91. The van der Waals surface area contributed by atoms with Crippen LogP contribution in [0.5, 0.6) is 0 Å². The lowest BCUT2D eigenvalue weighted by atomic mass is 9.98. The Hall–Kier alpha value is -3.89. The first-order valence-corrected chi connectivity index (χ1v) is 14.8. The minimum atomic E-state index is -4.97. The van der Waals surface area contributed by atoms with E-state index in [0.29, 0.717) is 20.7 Å². The minimum Gasteiger partial charge on any atom is -0.382 e. The van der Waals surface area contributed by atoms with Crippen LogP contribution in [0.1, 0.15) is 17.8 Å². The molecule has 0 bridgehead atoms. The molecule has 1 aliphatic rings. The van der Waals surface area contributed by atoms with Gasteiger partial charge in [0.25, 0.3) is 0 Å². The zero-order chi connectivity index (χ0) is 30.2. The molecule has 0 saturated carbocycles. The van der Waals surface area contributed by atoms with Crippen molar-refractivity contribution in [3.8, 4) is 17.2 Å². The zero-order valence-corrected chi connectivity index (χ0v) is 23.2. The predicted octanol–water partition coefficient (Wildman–Crippen LogP) is 1.86. The van der Waals surface area contributed by atoms with Crippen molar-refractivity contribution in [3.63, 3.8) is 0 Å². The van der Waals surface area contributed by atoms with E-state index in [1.54, 1.807) is 12.1 Å². The van der Waals surface area contributed by atoms with Gasteiger partial charge in [0.15, 0.2) is 33.4 Å². The molecule has 17 heteroatoms. The lowest BCUT2D eigenvalue weighted by molar-refractivity contribution is -0.207. The average Bonchev–Trinajstić information content (AvgIpc) is 3.63. The molecule has 0 aliphatic carbocycles. The van der Waals surface area contributed by atoms with Gasteiger partial charge in [-0.3, -0.25) is 9.36 Å². The van der Waals surface area contributed by atoms with Gasteiger partial charge in [-0.1, -0.05) is 17.7 Å². The quantitative estimate of drug-likeness (QED) is 0.293. The Morgan fingerprint density at radius 1 is 1.14 bits per heavy atom. The van der Waals surface area contributed by atoms with Crippen LogP contribution in [-0.4, -0.2) is 77.2 Å². The number of benzene rings is 1. The van der Waals surface area contributed by atoms with Crippen LogP contribution in [-0.2, 0) is 34.1 Å². The van der Waals surface area contributed by atoms with Gasteiger partial charge in [-0.05, 0) is 36.8 Å². The summed E-state index contributed by atoms with van der Waals surface area (Å²) in [4.78, 5) is 34.4. The van der Waals surface area contributed by atoms with Gasteiger partial charge in [0.2, 0.25) is 0 Å². The van der Waals surface area contributed by atoms with E-state index in [4.69, 9.17) is 11.6 Å². The Bertz CT molecular complexity index is 1780. The molecule has 2 atom stereocenters. The number of carbonyl (C=O) groups excluding carboxylic acids is 1. The number of rotatable bonds is 9. The van der Waals surface area contributed by atoms with E-state index in [1.807, 2.05) is 0 Å². The second kappa shape index (κ2) is 11.4. The van der Waals surface area contributed by atoms with E-state index in [1.165, 1.54) is 41.5 Å². The van der Waals surface area contributed by atoms with E-state index in [-0.39, 0.29) is 54.1 Å². The Morgan fingerprint density at radius 2 is 1.88 bits per heavy atom. The van der Waals surface area contributed by atoms with Gasteiger partial charge in [-0.2, -0.15) is 13.2 Å². The van der Waals surface area contributed by atoms with Gasteiger partial charge in [-0.25, -0.2) is 32.5 Å². The largest absolute Gasteiger partial charge is 0.416 e. The third kappa shape index (κ3) is 6.44. The van der Waals surface area contributed by atoms with Gasteiger partial charge in [0, 0.05) is 34.7 Å². The van der Waals surface area contributed by atoms with Gasteiger partial charge in [0.1, 0.15) is 18.7 Å². The summed E-state index contributed by atoms with van der Waals surface area (Å²) in [7, 11) is -3.24. The molecule has 1 aliphatic heterocycles. The number of hydrogen-bond donors (Lipinski definition) is 1. The monoisotopic (exact) mass is 625 g/mol. The van der Waals surface area contributed by atoms with Crippen LogP contribution in [0.25, 0.3) is 17.2 Å². The normalized spacial score (nSPS) is 17.4. The van der Waals surface area contributed by atoms with Crippen molar-refractivity contribution in [3.05, 3.63) is 75.8 Å². The van der Waals surface area contributed by atoms with Crippen molar-refractivity contribution in [1.82, 2.24) is 34.1 Å². The number of Topliss-reactive ketones (excluding diaryl/α,β-unsaturated/α-hetero) is 1. The Labute approximate surface area is 241 Å². The SMILES string of the molecule is O=C(Cc1cccnc1-n1cnc(Cn2nc(-c3ccc(Cl)cc3)n(C[C@H](O)C(F)(F)F)c2=O)n1)C1CCS(=O)(=O)C1. The second-order valence-corrected chi connectivity index (χ2v) is 12.4. The van der Waals surface area contributed by atoms with E-state index in [2.05, 4.69) is 20.2 Å². The molecule has 5 rings (SSSR count). The van der Waals surface area contributed by atoms with Crippen molar-refractivity contribution >= 4 is 27.2 Å². The number of aromatic nitrogens is 7. The molecule has 1 N–H and O–H groups in total. The van der Waals surface area contributed by atoms with Crippen LogP contribution in [0.3, 0.4) is 0 Å². The van der Waals surface area contributed by atoms with Crippen LogP contribution in [0, 0.1) is 5.92 Å². The number of pyridine rings is 1. The van der Waals surface area contributed by atoms with E-state index >= 15 is 0 Å². The number of nitrogens with zero attached hydrogens (tertiary/aromatic N) is 7. The number of halogens is 4. The molecule has 0 amide bonds. The first-order valence-electron chi connectivity index (χ1n) is 12.6. The first kappa shape index (κ1) is 29.6. The molecule has 1 fully saturated rings. The third-order valence-corrected chi connectivity index (χ3v) is 8.75. The summed E-state index contributed by atoms with van der Waals surface area (Å²) in [6.07, 6.45) is -4.82. The van der Waals surface area contributed by atoms with Crippen LogP contribution in [0.2, 0.25) is 5.02 Å². The highest BCUT2D eigenvalue weighted by atomic mass is 35.5. The molecule has 12 nitrogen and oxygen atoms in total. The highest BCUT2D eigenvalue weighted by molar-refractivity contribution is 7.91. The summed E-state index contributed by atoms with van der Waals surface area (Å²) in [5.74, 6) is -0.850. The molecule has 0 radical (unpaired) electrons. The Balaban J connectivity index is 1.41. The second-order valence-electron chi connectivity index (χ2n) is 9.77. The number of alkyl halides is 3. The highest BCUT2D eigenvalue weighted by Gasteiger charge is 2.39. The number of aliphatic hydroxyl groups excluding tert-OH is 1. The van der Waals surface area contributed by atoms with Gasteiger partial charge in [0.05, 0.1) is 18.1 Å². The molecule has 4 heterocycles. The summed E-state index contributed by atoms with van der Waals surface area (Å²) in [6.45, 7) is -1.42. The maximum Gasteiger partial charge on any atom is 0.416 e. The molecular weight excluding hydrogens is 603 g/mol. The predicted molar refractivity (Wildman–Crippen MR) is 143 cm³/mol. The van der Waals surface area contributed by atoms with Crippen molar-refractivity contribution in [2.75, 3.05) is 11.5 Å². The minimum absolute atomic E-state index is 0.0280. The number of hydrogen-bond acceptors (Lipinski definition) is 9. The lowest BCUT2D eigenvalue weighted by Crippen LogP contribution is -2.37. The fourth-order valence-corrected chi connectivity index (χ4v) is 6.46. The maximum absolute atomic E-state index is 13.1. The molecule has 4 aromatic rings. The first-order chi connectivity index (χ1) is 19.8. The van der Waals surface area contributed by atoms with Gasteiger partial charge >= 0.3 is 11.9 Å². The van der Waals surface area contributed by atoms with Crippen LogP contribution in [0.15, 0.2) is 53.7 Å². The zero-order valence-electron chi connectivity index (χ0n) is 21.6. The molecule has 222 valence electrons. The summed E-state index contributed by atoms with van der Waals surface area (Å²) < 4.78 is 65.8.